The fourth-order valence-electron chi connectivity index (χ4n) is 5.05. The highest BCUT2D eigenvalue weighted by Gasteiger charge is 2.39. The minimum absolute atomic E-state index is 0.0254. The maximum Gasteiger partial charge on any atom is 0.328 e. The van der Waals surface area contributed by atoms with Crippen molar-refractivity contribution in [1.82, 2.24) is 19.8 Å². The Bertz CT molecular complexity index is 1420. The smallest absolute Gasteiger partial charge is 0.328 e. The molecule has 2 unspecified atom stereocenters. The van der Waals surface area contributed by atoms with Crippen molar-refractivity contribution in [2.24, 2.45) is 5.73 Å². The van der Waals surface area contributed by atoms with Crippen LogP contribution in [0.1, 0.15) is 43.9 Å². The first-order chi connectivity index (χ1) is 21.5. The Morgan fingerprint density at radius 2 is 1.82 bits per heavy atom. The third-order valence-electron chi connectivity index (χ3n) is 7.56. The third-order valence-corrected chi connectivity index (χ3v) is 7.56. The van der Waals surface area contributed by atoms with Crippen LogP contribution >= 0.6 is 0 Å². The molecule has 13 heteroatoms. The number of anilines is 1. The number of amides is 2. The van der Waals surface area contributed by atoms with Gasteiger partial charge >= 0.3 is 5.97 Å². The van der Waals surface area contributed by atoms with Crippen LogP contribution in [0, 0.1) is 0 Å². The Kier molecular flexibility index (Phi) is 11.2. The van der Waals surface area contributed by atoms with E-state index >= 15 is 0 Å². The van der Waals surface area contributed by atoms with E-state index in [9.17, 15) is 19.5 Å². The largest absolute Gasteiger partial charge is 0.497 e. The van der Waals surface area contributed by atoms with Gasteiger partial charge in [0.1, 0.15) is 29.9 Å². The summed E-state index contributed by atoms with van der Waals surface area (Å²) in [4.78, 5) is 45.1. The molecule has 2 heterocycles. The van der Waals surface area contributed by atoms with Crippen LogP contribution < -0.4 is 21.1 Å². The second-order valence-corrected chi connectivity index (χ2v) is 11.5. The molecule has 1 aliphatic heterocycles. The van der Waals surface area contributed by atoms with E-state index in [0.717, 1.165) is 5.56 Å². The number of ether oxygens (including phenoxy) is 3. The van der Waals surface area contributed by atoms with Crippen molar-refractivity contribution in [1.29, 1.82) is 0 Å². The van der Waals surface area contributed by atoms with Gasteiger partial charge in [-0.25, -0.2) is 9.78 Å². The number of aliphatic hydroxyl groups excluding tert-OH is 1. The first-order valence-electron chi connectivity index (χ1n) is 14.7. The first-order valence-corrected chi connectivity index (χ1v) is 14.7. The molecule has 1 aliphatic rings. The molecule has 0 radical (unpaired) electrons. The summed E-state index contributed by atoms with van der Waals surface area (Å²) >= 11 is 0. The molecule has 13 nitrogen and oxygen atoms in total. The number of rotatable bonds is 14. The lowest BCUT2D eigenvalue weighted by molar-refractivity contribution is -0.151. The molecular weight excluding hydrogens is 580 g/mol. The van der Waals surface area contributed by atoms with Gasteiger partial charge in [-0.15, -0.1) is 0 Å². The summed E-state index contributed by atoms with van der Waals surface area (Å²) in [6.07, 6.45) is 2.90. The lowest BCUT2D eigenvalue weighted by atomic mass is 10.0. The Morgan fingerprint density at radius 3 is 2.47 bits per heavy atom. The molecule has 1 fully saturated rings. The van der Waals surface area contributed by atoms with Crippen molar-refractivity contribution >= 4 is 23.6 Å². The van der Waals surface area contributed by atoms with Crippen molar-refractivity contribution in [3.8, 4) is 5.75 Å². The van der Waals surface area contributed by atoms with E-state index in [-0.39, 0.29) is 24.9 Å². The quantitative estimate of drug-likeness (QED) is 0.154. The number of hydrogen-bond donors (Lipinski definition) is 4. The van der Waals surface area contributed by atoms with Crippen molar-refractivity contribution in [3.63, 3.8) is 0 Å². The molecule has 242 valence electrons. The molecule has 0 bridgehead atoms. The number of carbonyl (C=O) groups excluding carboxylic acids is 3. The standard InChI is InChI=1S/C32H42N6O7/c1-32(2,33)31(42)35-24(19-45-18-21-9-6-5-7-10-21)28(39)36-26-17-37(20-34-26)27(22-12-14-23(43-3)15-13-22)29(40)38-16-8-11-25(38)30(41)44-4/h5-7,9-10,12-15,17,20,24-25,27-28,36,39H,8,11,16,18-19,33H2,1-4H3,(H,35,42)/t24-,25-,27?,28?/m1/s1. The highest BCUT2D eigenvalue weighted by atomic mass is 16.5. The molecule has 5 N–H and O–H groups in total. The molecule has 2 aromatic carbocycles. The summed E-state index contributed by atoms with van der Waals surface area (Å²) < 4.78 is 17.7. The van der Waals surface area contributed by atoms with Gasteiger partial charge in [0.2, 0.25) is 5.91 Å². The molecular formula is C32H42N6O7. The average Bonchev–Trinajstić information content (AvgIpc) is 3.71. The summed E-state index contributed by atoms with van der Waals surface area (Å²) in [7, 11) is 2.86. The van der Waals surface area contributed by atoms with Crippen LogP contribution in [0.2, 0.25) is 0 Å². The molecule has 0 aliphatic carbocycles. The van der Waals surface area contributed by atoms with Gasteiger partial charge in [-0.2, -0.15) is 0 Å². The molecule has 45 heavy (non-hydrogen) atoms. The van der Waals surface area contributed by atoms with E-state index in [4.69, 9.17) is 19.9 Å². The van der Waals surface area contributed by atoms with Crippen LogP contribution in [0.3, 0.4) is 0 Å². The normalized spacial score (nSPS) is 16.8. The Hall–Kier alpha value is -4.46. The highest BCUT2D eigenvalue weighted by molar-refractivity contribution is 5.89. The number of aliphatic hydroxyl groups is 1. The van der Waals surface area contributed by atoms with Crippen LogP contribution in [0.25, 0.3) is 0 Å². The second-order valence-electron chi connectivity index (χ2n) is 11.5. The lowest BCUT2D eigenvalue weighted by Crippen LogP contribution is -2.57. The zero-order valence-electron chi connectivity index (χ0n) is 26.0. The Morgan fingerprint density at radius 1 is 1.11 bits per heavy atom. The van der Waals surface area contributed by atoms with Crippen molar-refractivity contribution in [3.05, 3.63) is 78.2 Å². The van der Waals surface area contributed by atoms with Crippen molar-refractivity contribution < 1.29 is 33.7 Å². The predicted octanol–water partition coefficient (Wildman–Crippen LogP) is 1.81. The molecule has 2 amide bonds. The summed E-state index contributed by atoms with van der Waals surface area (Å²) in [5.41, 5.74) is 6.37. The molecule has 3 aromatic rings. The van der Waals surface area contributed by atoms with E-state index in [1.54, 1.807) is 56.0 Å². The molecule has 4 atom stereocenters. The summed E-state index contributed by atoms with van der Waals surface area (Å²) in [6.45, 7) is 3.78. The minimum atomic E-state index is -1.33. The zero-order valence-corrected chi connectivity index (χ0v) is 26.0. The van der Waals surface area contributed by atoms with Crippen molar-refractivity contribution in [2.75, 3.05) is 32.7 Å². The number of nitrogens with one attached hydrogen (secondary N) is 2. The minimum Gasteiger partial charge on any atom is -0.497 e. The number of esters is 1. The lowest BCUT2D eigenvalue weighted by Gasteiger charge is -2.29. The van der Waals surface area contributed by atoms with Crippen LogP contribution in [0.4, 0.5) is 5.82 Å². The number of nitrogens with zero attached hydrogens (tertiary/aromatic N) is 3. The second kappa shape index (κ2) is 15.0. The van der Waals surface area contributed by atoms with Gasteiger partial charge in [0.15, 0.2) is 0 Å². The molecule has 0 saturated carbocycles. The topological polar surface area (TPSA) is 170 Å². The third kappa shape index (κ3) is 8.59. The number of imidazole rings is 1. The molecule has 1 aromatic heterocycles. The predicted molar refractivity (Wildman–Crippen MR) is 166 cm³/mol. The molecule has 4 rings (SSSR count). The van der Waals surface area contributed by atoms with Crippen LogP contribution in [-0.2, 0) is 30.5 Å². The fourth-order valence-corrected chi connectivity index (χ4v) is 5.05. The molecule has 0 spiro atoms. The maximum absolute atomic E-state index is 14.0. The summed E-state index contributed by atoms with van der Waals surface area (Å²) in [5, 5.41) is 16.8. The van der Waals surface area contributed by atoms with E-state index < -0.39 is 41.8 Å². The van der Waals surface area contributed by atoms with Gasteiger partial charge in [0.25, 0.3) is 5.91 Å². The van der Waals surface area contributed by atoms with E-state index in [1.165, 1.54) is 18.3 Å². The number of hydrogen-bond acceptors (Lipinski definition) is 10. The van der Waals surface area contributed by atoms with Gasteiger partial charge in [0.05, 0.1) is 45.3 Å². The number of likely N-dealkylation sites (tertiary alicyclic amines) is 1. The summed E-state index contributed by atoms with van der Waals surface area (Å²) in [5.74, 6) is -0.374. The zero-order chi connectivity index (χ0) is 32.6. The van der Waals surface area contributed by atoms with Gasteiger partial charge in [-0.05, 0) is 49.9 Å². The summed E-state index contributed by atoms with van der Waals surface area (Å²) in [6, 6.07) is 14.1. The van der Waals surface area contributed by atoms with Gasteiger partial charge in [-0.3, -0.25) is 9.59 Å². The van der Waals surface area contributed by atoms with Crippen LogP contribution in [0.5, 0.6) is 5.75 Å². The van der Waals surface area contributed by atoms with Crippen molar-refractivity contribution in [2.45, 2.75) is 63.2 Å². The highest BCUT2D eigenvalue weighted by Crippen LogP contribution is 2.29. The van der Waals surface area contributed by atoms with Gasteiger partial charge < -0.3 is 45.2 Å². The van der Waals surface area contributed by atoms with E-state index in [2.05, 4.69) is 15.6 Å². The van der Waals surface area contributed by atoms with Gasteiger partial charge in [0, 0.05) is 12.7 Å². The number of methoxy groups -OCH3 is 2. The van der Waals surface area contributed by atoms with E-state index in [0.29, 0.717) is 30.7 Å². The Labute approximate surface area is 262 Å². The number of carbonyl (C=O) groups is 3. The number of benzene rings is 2. The average molecular weight is 623 g/mol. The fraction of sp³-hybridized carbons (Fsp3) is 0.438. The van der Waals surface area contributed by atoms with E-state index in [1.807, 2.05) is 30.3 Å². The van der Waals surface area contributed by atoms with Gasteiger partial charge in [-0.1, -0.05) is 42.5 Å². The molecule has 1 saturated heterocycles. The number of nitrogens with two attached hydrogens (primary N) is 1. The number of aromatic nitrogens is 2. The van der Waals surface area contributed by atoms with Crippen LogP contribution in [-0.4, -0.2) is 88.6 Å². The SMILES string of the molecule is COC(=O)[C@H]1CCCN1C(=O)C(c1ccc(OC)cc1)n1cnc(NC(O)[C@@H](COCc2ccccc2)NC(=O)C(C)(C)N)c1. The maximum atomic E-state index is 14.0. The van der Waals surface area contributed by atoms with Crippen LogP contribution in [0.15, 0.2) is 67.1 Å². The first kappa shape index (κ1) is 33.4. The Balaban J connectivity index is 1.55. The monoisotopic (exact) mass is 622 g/mol.